The van der Waals surface area contributed by atoms with Crippen molar-refractivity contribution in [3.63, 3.8) is 0 Å². The summed E-state index contributed by atoms with van der Waals surface area (Å²) in [5.41, 5.74) is 4.03. The van der Waals surface area contributed by atoms with Crippen LogP contribution in [-0.2, 0) is 0 Å². The van der Waals surface area contributed by atoms with Crippen LogP contribution in [0.3, 0.4) is 0 Å². The van der Waals surface area contributed by atoms with E-state index >= 15 is 0 Å². The van der Waals surface area contributed by atoms with Crippen molar-refractivity contribution >= 4 is 57.5 Å². The van der Waals surface area contributed by atoms with Crippen LogP contribution in [0.1, 0.15) is 0 Å². The molecule has 0 aromatic heterocycles. The number of nitrogens with two attached hydrogens (primary N) is 1. The van der Waals surface area contributed by atoms with E-state index in [4.69, 9.17) is 9.90 Å². The Morgan fingerprint density at radius 2 is 1.80 bits per heavy atom. The molecule has 0 aromatic carbocycles. The van der Waals surface area contributed by atoms with Crippen molar-refractivity contribution < 1.29 is 9.90 Å². The van der Waals surface area contributed by atoms with Crippen molar-refractivity contribution in [3.8, 4) is 0 Å². The van der Waals surface area contributed by atoms with Gasteiger partial charge in [-0.05, 0) is 0 Å². The Bertz CT molecular complexity index is 32.6. The van der Waals surface area contributed by atoms with Gasteiger partial charge in [-0.15, -0.1) is 0 Å². The Morgan fingerprint density at radius 1 is 1.80 bits per heavy atom. The van der Waals surface area contributed by atoms with Crippen LogP contribution < -0.4 is 5.73 Å². The Balaban J connectivity index is 0. The molecule has 0 saturated carbocycles. The summed E-state index contributed by atoms with van der Waals surface area (Å²) in [6, 6.07) is 0. The van der Waals surface area contributed by atoms with Gasteiger partial charge in [0, 0.05) is 51.4 Å². The van der Waals surface area contributed by atoms with Crippen LogP contribution in [0, 0.1) is 0 Å². The summed E-state index contributed by atoms with van der Waals surface area (Å²) < 4.78 is 0. The number of hydrogen-bond acceptors (Lipinski definition) is 1. The normalized spacial score (nSPS) is 4.80. The quantitative estimate of drug-likeness (QED) is 0.393. The molecule has 1 amide bonds. The average Bonchev–Trinajstić information content (AvgIpc) is 0.811. The summed E-state index contributed by atoms with van der Waals surface area (Å²) in [5.74, 6) is 0. The number of carboxylic acid groups (broad SMARTS) is 1. The summed E-state index contributed by atoms with van der Waals surface area (Å²) in [5, 5.41) is 7.19. The van der Waals surface area contributed by atoms with Gasteiger partial charge < -0.3 is 10.8 Å². The Kier molecular flexibility index (Phi) is 9.14. The predicted molar refractivity (Wildman–Crippen MR) is 18.0 cm³/mol. The van der Waals surface area contributed by atoms with Crippen molar-refractivity contribution in [1.82, 2.24) is 0 Å². The summed E-state index contributed by atoms with van der Waals surface area (Å²) in [6.45, 7) is 0. The number of carbonyl (C=O) groups is 1. The monoisotopic (exact) mass is 100.0 g/mol. The minimum atomic E-state index is -1.33. The second kappa shape index (κ2) is 4.91. The molecule has 0 atom stereocenters. The van der Waals surface area contributed by atoms with Crippen LogP contribution >= 0.6 is 0 Å². The van der Waals surface area contributed by atoms with Crippen LogP contribution in [0.15, 0.2) is 0 Å². The molecule has 1 radical (unpaired) electrons. The van der Waals surface area contributed by atoms with E-state index in [1.807, 2.05) is 0 Å². The number of hydrogen-bond donors (Lipinski definition) is 2. The first-order chi connectivity index (χ1) is 1.73. The molecule has 5 heavy (non-hydrogen) atoms. The van der Waals surface area contributed by atoms with E-state index < -0.39 is 6.09 Å². The van der Waals surface area contributed by atoms with Crippen molar-refractivity contribution in [1.29, 1.82) is 0 Å². The molecule has 0 fully saturated rings. The van der Waals surface area contributed by atoms with Crippen molar-refractivity contribution in [3.05, 3.63) is 0 Å². The zero-order valence-corrected chi connectivity index (χ0v) is 6.06. The number of primary amides is 1. The molecule has 3 nitrogen and oxygen atoms in total. The maximum Gasteiger partial charge on any atom is 0.402 e. The first-order valence-corrected chi connectivity index (χ1v) is 0.716. The third-order valence-electron chi connectivity index (χ3n) is 0. The Labute approximate surface area is 72.0 Å². The molecular weight excluding hydrogens is 97.1 g/mol. The number of rotatable bonds is 0. The molecule has 0 rings (SSSR count). The minimum absolute atomic E-state index is 0. The Morgan fingerprint density at radius 3 is 1.80 bits per heavy atom. The zero-order chi connectivity index (χ0) is 3.58. The molecular formula is CH3KNO2. The van der Waals surface area contributed by atoms with Gasteiger partial charge in [-0.3, -0.25) is 0 Å². The van der Waals surface area contributed by atoms with Gasteiger partial charge in [0.1, 0.15) is 0 Å². The molecule has 0 aromatic rings. The Hall–Kier alpha value is 0.906. The summed E-state index contributed by atoms with van der Waals surface area (Å²) >= 11 is 0. The first-order valence-electron chi connectivity index (χ1n) is 0.716. The van der Waals surface area contributed by atoms with Crippen LogP contribution in [-0.4, -0.2) is 62.6 Å². The van der Waals surface area contributed by atoms with Gasteiger partial charge in [-0.2, -0.15) is 0 Å². The third-order valence-corrected chi connectivity index (χ3v) is 0. The van der Waals surface area contributed by atoms with Crippen LogP contribution in [0.2, 0.25) is 0 Å². The fourth-order valence-corrected chi connectivity index (χ4v) is 0. The maximum atomic E-state index is 8.78. The summed E-state index contributed by atoms with van der Waals surface area (Å²) in [4.78, 5) is 8.78. The number of amides is 1. The topological polar surface area (TPSA) is 63.3 Å². The van der Waals surface area contributed by atoms with E-state index in [2.05, 4.69) is 5.73 Å². The molecule has 4 heteroatoms. The van der Waals surface area contributed by atoms with Crippen LogP contribution in [0.25, 0.3) is 0 Å². The fraction of sp³-hybridized carbons (Fsp3) is 0. The third kappa shape index (κ3) is 50.4. The maximum absolute atomic E-state index is 8.78. The SMILES string of the molecule is NC(=O)O.[K]. The molecule has 0 aliphatic heterocycles. The standard InChI is InChI=1S/CH3NO2.K/c2-1(3)4;/h2H2,(H,3,4);. The van der Waals surface area contributed by atoms with Gasteiger partial charge in [-0.1, -0.05) is 0 Å². The fourth-order valence-electron chi connectivity index (χ4n) is 0. The van der Waals surface area contributed by atoms with E-state index in [9.17, 15) is 0 Å². The predicted octanol–water partition coefficient (Wildman–Crippen LogP) is -0.758. The van der Waals surface area contributed by atoms with E-state index in [1.165, 1.54) is 0 Å². The summed E-state index contributed by atoms with van der Waals surface area (Å²) in [6.07, 6.45) is -1.33. The average molecular weight is 100 g/mol. The first kappa shape index (κ1) is 9.32. The van der Waals surface area contributed by atoms with Gasteiger partial charge in [0.25, 0.3) is 0 Å². The van der Waals surface area contributed by atoms with Crippen LogP contribution in [0.4, 0.5) is 4.79 Å². The van der Waals surface area contributed by atoms with Gasteiger partial charge >= 0.3 is 6.09 Å². The molecule has 0 unspecified atom stereocenters. The summed E-state index contributed by atoms with van der Waals surface area (Å²) in [7, 11) is 0. The van der Waals surface area contributed by atoms with E-state index in [-0.39, 0.29) is 51.4 Å². The molecule has 0 heterocycles. The minimum Gasteiger partial charge on any atom is -0.465 e. The second-order valence-electron chi connectivity index (χ2n) is 0.338. The van der Waals surface area contributed by atoms with Gasteiger partial charge in [0.2, 0.25) is 0 Å². The van der Waals surface area contributed by atoms with E-state index in [0.717, 1.165) is 0 Å². The van der Waals surface area contributed by atoms with Gasteiger partial charge in [-0.25, -0.2) is 4.79 Å². The molecule has 0 saturated heterocycles. The van der Waals surface area contributed by atoms with Gasteiger partial charge in [0.15, 0.2) is 0 Å². The van der Waals surface area contributed by atoms with Crippen molar-refractivity contribution in [2.24, 2.45) is 5.73 Å². The van der Waals surface area contributed by atoms with E-state index in [0.29, 0.717) is 0 Å². The second-order valence-corrected chi connectivity index (χ2v) is 0.338. The molecule has 0 bridgehead atoms. The molecule has 0 aliphatic carbocycles. The largest absolute Gasteiger partial charge is 0.465 e. The molecule has 0 aliphatic rings. The molecule has 0 spiro atoms. The van der Waals surface area contributed by atoms with Crippen LogP contribution in [0.5, 0.6) is 0 Å². The molecule has 3 N–H and O–H groups in total. The van der Waals surface area contributed by atoms with E-state index in [1.54, 1.807) is 0 Å². The van der Waals surface area contributed by atoms with Crippen molar-refractivity contribution in [2.75, 3.05) is 0 Å². The van der Waals surface area contributed by atoms with Gasteiger partial charge in [0.05, 0.1) is 0 Å². The smallest absolute Gasteiger partial charge is 0.402 e. The van der Waals surface area contributed by atoms with Crippen molar-refractivity contribution in [2.45, 2.75) is 0 Å². The molecule has 25 valence electrons. The zero-order valence-electron chi connectivity index (χ0n) is 2.93.